The average Bonchev–Trinajstić information content (AvgIpc) is 2.87. The fraction of sp³-hybridized carbons (Fsp3) is 0.421. The molecule has 0 aliphatic carbocycles. The summed E-state index contributed by atoms with van der Waals surface area (Å²) in [4.78, 5) is 24.3. The Morgan fingerprint density at radius 3 is 2.65 bits per heavy atom. The minimum Gasteiger partial charge on any atom is -0.325 e. The smallest absolute Gasteiger partial charge is 0.255 e. The van der Waals surface area contributed by atoms with Crippen LogP contribution in [0.3, 0.4) is 0 Å². The molecule has 2 amide bonds. The van der Waals surface area contributed by atoms with Crippen LogP contribution in [0.15, 0.2) is 24.3 Å². The summed E-state index contributed by atoms with van der Waals surface area (Å²) in [5.41, 5.74) is 3.43. The molecular weight excluding hydrogens is 352 g/mol. The largest absolute Gasteiger partial charge is 0.325 e. The molecule has 0 aliphatic rings. The lowest BCUT2D eigenvalue weighted by Gasteiger charge is -2.10. The van der Waals surface area contributed by atoms with Gasteiger partial charge in [-0.2, -0.15) is 5.10 Å². The molecule has 2 rings (SSSR count). The highest BCUT2D eigenvalue weighted by Crippen LogP contribution is 2.21. The van der Waals surface area contributed by atoms with E-state index in [1.807, 2.05) is 18.5 Å². The molecule has 0 radical (unpaired) electrons. The van der Waals surface area contributed by atoms with Crippen molar-refractivity contribution in [3.05, 3.63) is 41.2 Å². The van der Waals surface area contributed by atoms with Crippen molar-refractivity contribution < 1.29 is 9.59 Å². The third-order valence-corrected chi connectivity index (χ3v) is 4.30. The van der Waals surface area contributed by atoms with Gasteiger partial charge < -0.3 is 10.6 Å². The monoisotopic (exact) mass is 376 g/mol. The Balaban J connectivity index is 2.15. The molecule has 0 bridgehead atoms. The molecule has 140 valence electrons. The summed E-state index contributed by atoms with van der Waals surface area (Å²) in [6.07, 6.45) is 2.12. The van der Waals surface area contributed by atoms with Crippen LogP contribution in [-0.2, 0) is 11.3 Å². The number of nitrogens with zero attached hydrogens (tertiary/aromatic N) is 2. The van der Waals surface area contributed by atoms with Crippen LogP contribution in [0.1, 0.15) is 48.4 Å². The Morgan fingerprint density at radius 2 is 2.00 bits per heavy atom. The Labute approximate surface area is 158 Å². The number of rotatable bonds is 7. The number of aryl methyl sites for hydroxylation is 2. The average molecular weight is 377 g/mol. The number of carbonyl (C=O) groups excluding carboxylic acids is 2. The Hall–Kier alpha value is -2.34. The molecule has 1 atom stereocenters. The van der Waals surface area contributed by atoms with Gasteiger partial charge in [-0.1, -0.05) is 19.4 Å². The van der Waals surface area contributed by atoms with Crippen LogP contribution in [0.2, 0.25) is 0 Å². The Kier molecular flexibility index (Phi) is 6.80. The number of anilines is 2. The zero-order valence-electron chi connectivity index (χ0n) is 15.6. The molecule has 2 N–H and O–H groups in total. The molecule has 0 spiro atoms. The van der Waals surface area contributed by atoms with Gasteiger partial charge in [-0.25, -0.2) is 0 Å². The number of aromatic nitrogens is 2. The molecule has 0 saturated carbocycles. The molecule has 6 nitrogen and oxygen atoms in total. The minimum absolute atomic E-state index is 0.249. The van der Waals surface area contributed by atoms with Crippen molar-refractivity contribution in [1.29, 1.82) is 0 Å². The molecule has 0 saturated heterocycles. The number of benzene rings is 1. The van der Waals surface area contributed by atoms with Crippen molar-refractivity contribution in [2.45, 2.75) is 52.5 Å². The van der Waals surface area contributed by atoms with Crippen LogP contribution in [0.4, 0.5) is 11.4 Å². The zero-order valence-corrected chi connectivity index (χ0v) is 16.4. The SMILES string of the molecule is CCCCn1nc(C)c(NC(=O)c2cccc(NC(=O)[C@@H](C)Cl)c2)c1C. The second-order valence-corrected chi connectivity index (χ2v) is 6.92. The highest BCUT2D eigenvalue weighted by molar-refractivity contribution is 6.32. The van der Waals surface area contributed by atoms with Crippen molar-refractivity contribution in [1.82, 2.24) is 9.78 Å². The number of hydrogen-bond donors (Lipinski definition) is 2. The van der Waals surface area contributed by atoms with Gasteiger partial charge in [-0.05, 0) is 45.4 Å². The zero-order chi connectivity index (χ0) is 19.3. The van der Waals surface area contributed by atoms with E-state index in [1.54, 1.807) is 31.2 Å². The van der Waals surface area contributed by atoms with Crippen LogP contribution in [0, 0.1) is 13.8 Å². The molecule has 0 aliphatic heterocycles. The number of unbranched alkanes of at least 4 members (excludes halogenated alkanes) is 1. The lowest BCUT2D eigenvalue weighted by atomic mass is 10.1. The lowest BCUT2D eigenvalue weighted by Crippen LogP contribution is -2.20. The van der Waals surface area contributed by atoms with Gasteiger partial charge in [-0.3, -0.25) is 14.3 Å². The van der Waals surface area contributed by atoms with E-state index in [0.29, 0.717) is 11.3 Å². The topological polar surface area (TPSA) is 76.0 Å². The fourth-order valence-electron chi connectivity index (χ4n) is 2.57. The summed E-state index contributed by atoms with van der Waals surface area (Å²) in [7, 11) is 0. The predicted molar refractivity (Wildman–Crippen MR) is 105 cm³/mol. The van der Waals surface area contributed by atoms with Crippen molar-refractivity contribution >= 4 is 34.8 Å². The maximum absolute atomic E-state index is 12.6. The van der Waals surface area contributed by atoms with E-state index in [9.17, 15) is 9.59 Å². The standard InChI is InChI=1S/C19H25ClN4O2/c1-5-6-10-24-14(4)17(13(3)23-24)22-19(26)15-8-7-9-16(11-15)21-18(25)12(2)20/h7-9,11-12H,5-6,10H2,1-4H3,(H,21,25)(H,22,26)/t12-/m1/s1. The normalized spacial score (nSPS) is 11.9. The van der Waals surface area contributed by atoms with E-state index in [4.69, 9.17) is 11.6 Å². The van der Waals surface area contributed by atoms with Crippen LogP contribution in [0.5, 0.6) is 0 Å². The first-order chi connectivity index (χ1) is 12.3. The first kappa shape index (κ1) is 20.0. The van der Waals surface area contributed by atoms with Crippen molar-refractivity contribution in [3.8, 4) is 0 Å². The highest BCUT2D eigenvalue weighted by atomic mass is 35.5. The summed E-state index contributed by atoms with van der Waals surface area (Å²) in [5, 5.41) is 9.47. The molecule has 2 aromatic rings. The molecule has 0 fully saturated rings. The van der Waals surface area contributed by atoms with E-state index in [-0.39, 0.29) is 11.8 Å². The first-order valence-electron chi connectivity index (χ1n) is 8.73. The van der Waals surface area contributed by atoms with Crippen molar-refractivity contribution in [2.75, 3.05) is 10.6 Å². The maximum atomic E-state index is 12.6. The lowest BCUT2D eigenvalue weighted by molar-refractivity contribution is -0.115. The molecule has 26 heavy (non-hydrogen) atoms. The predicted octanol–water partition coefficient (Wildman–Crippen LogP) is 4.12. The number of halogens is 1. The van der Waals surface area contributed by atoms with Gasteiger partial charge in [0.1, 0.15) is 5.38 Å². The van der Waals surface area contributed by atoms with Gasteiger partial charge in [0.25, 0.3) is 5.91 Å². The summed E-state index contributed by atoms with van der Waals surface area (Å²) >= 11 is 5.76. The fourth-order valence-corrected chi connectivity index (χ4v) is 2.62. The van der Waals surface area contributed by atoms with Crippen LogP contribution < -0.4 is 10.6 Å². The molecular formula is C19H25ClN4O2. The van der Waals surface area contributed by atoms with Crippen molar-refractivity contribution in [2.24, 2.45) is 0 Å². The summed E-state index contributed by atoms with van der Waals surface area (Å²) in [6.45, 7) is 8.38. The first-order valence-corrected chi connectivity index (χ1v) is 9.17. The quantitative estimate of drug-likeness (QED) is 0.713. The number of carbonyl (C=O) groups is 2. The number of nitrogens with one attached hydrogen (secondary N) is 2. The molecule has 1 aromatic carbocycles. The second kappa shape index (κ2) is 8.85. The number of amides is 2. The summed E-state index contributed by atoms with van der Waals surface area (Å²) < 4.78 is 1.92. The molecule has 1 aromatic heterocycles. The van der Waals surface area contributed by atoms with E-state index in [1.165, 1.54) is 0 Å². The van der Waals surface area contributed by atoms with Gasteiger partial charge in [0, 0.05) is 17.8 Å². The second-order valence-electron chi connectivity index (χ2n) is 6.26. The van der Waals surface area contributed by atoms with E-state index in [2.05, 4.69) is 22.7 Å². The van der Waals surface area contributed by atoms with E-state index < -0.39 is 5.38 Å². The number of hydrogen-bond acceptors (Lipinski definition) is 3. The van der Waals surface area contributed by atoms with Gasteiger partial charge in [0.15, 0.2) is 0 Å². The van der Waals surface area contributed by atoms with Crippen LogP contribution in [-0.4, -0.2) is 27.0 Å². The minimum atomic E-state index is -0.647. The molecule has 1 heterocycles. The summed E-state index contributed by atoms with van der Waals surface area (Å²) in [5.74, 6) is -0.561. The molecule has 0 unspecified atom stereocenters. The van der Waals surface area contributed by atoms with Gasteiger partial charge >= 0.3 is 0 Å². The van der Waals surface area contributed by atoms with Crippen LogP contribution >= 0.6 is 11.6 Å². The van der Waals surface area contributed by atoms with Crippen molar-refractivity contribution in [3.63, 3.8) is 0 Å². The number of alkyl halides is 1. The van der Waals surface area contributed by atoms with Gasteiger partial charge in [0.05, 0.1) is 17.1 Å². The van der Waals surface area contributed by atoms with E-state index in [0.717, 1.165) is 36.5 Å². The third-order valence-electron chi connectivity index (χ3n) is 4.10. The highest BCUT2D eigenvalue weighted by Gasteiger charge is 2.16. The van der Waals surface area contributed by atoms with Crippen LogP contribution in [0.25, 0.3) is 0 Å². The van der Waals surface area contributed by atoms with Gasteiger partial charge in [0.2, 0.25) is 5.91 Å². The Bertz CT molecular complexity index is 799. The third kappa shape index (κ3) is 4.85. The van der Waals surface area contributed by atoms with Gasteiger partial charge in [-0.15, -0.1) is 11.6 Å². The summed E-state index contributed by atoms with van der Waals surface area (Å²) in [6, 6.07) is 6.75. The maximum Gasteiger partial charge on any atom is 0.255 e. The Morgan fingerprint density at radius 1 is 1.27 bits per heavy atom. The van der Waals surface area contributed by atoms with E-state index >= 15 is 0 Å². The molecule has 7 heteroatoms.